The van der Waals surface area contributed by atoms with Gasteiger partial charge in [-0.25, -0.2) is 4.57 Å². The molecular formula is C27H33N2O2+. The number of fused-ring (bicyclic) bond motifs is 1. The molecule has 4 nitrogen and oxygen atoms in total. The first-order valence-electron chi connectivity index (χ1n) is 11.9. The van der Waals surface area contributed by atoms with Crippen molar-refractivity contribution in [2.24, 2.45) is 0 Å². The predicted octanol–water partition coefficient (Wildman–Crippen LogP) is 5.88. The fourth-order valence-electron chi connectivity index (χ4n) is 5.12. The van der Waals surface area contributed by atoms with Gasteiger partial charge in [-0.05, 0) is 81.3 Å². The minimum Gasteiger partial charge on any atom is -0.492 e. The first kappa shape index (κ1) is 20.2. The number of para-hydroxylation sites is 2. The van der Waals surface area contributed by atoms with Crippen LogP contribution in [0, 0.1) is 0 Å². The molecule has 31 heavy (non-hydrogen) atoms. The average Bonchev–Trinajstić information content (AvgIpc) is 3.00. The highest BCUT2D eigenvalue weighted by Crippen LogP contribution is 2.29. The third-order valence-electron chi connectivity index (χ3n) is 6.76. The van der Waals surface area contributed by atoms with E-state index in [2.05, 4.69) is 51.7 Å². The number of aromatic nitrogens is 2. The van der Waals surface area contributed by atoms with Gasteiger partial charge in [-0.1, -0.05) is 18.6 Å². The van der Waals surface area contributed by atoms with Crippen molar-refractivity contribution in [3.8, 4) is 28.4 Å². The second-order valence-electron chi connectivity index (χ2n) is 8.84. The first-order valence-corrected chi connectivity index (χ1v) is 11.9. The smallest absolute Gasteiger partial charge is 0.262 e. The van der Waals surface area contributed by atoms with Crippen LogP contribution in [0.5, 0.6) is 11.5 Å². The van der Waals surface area contributed by atoms with E-state index in [0.717, 1.165) is 30.2 Å². The van der Waals surface area contributed by atoms with Crippen LogP contribution in [0.3, 0.4) is 0 Å². The SMILES string of the molecule is COc1ccccc1-[n+]1cc(-c2ccc(OC3CCCCC3)cc2)n2c1CCCCC2. The van der Waals surface area contributed by atoms with Crippen molar-refractivity contribution in [3.05, 3.63) is 60.6 Å². The van der Waals surface area contributed by atoms with Gasteiger partial charge in [0.15, 0.2) is 17.1 Å². The summed E-state index contributed by atoms with van der Waals surface area (Å²) < 4.78 is 16.8. The van der Waals surface area contributed by atoms with Gasteiger partial charge >= 0.3 is 0 Å². The summed E-state index contributed by atoms with van der Waals surface area (Å²) in [5, 5.41) is 0. The maximum Gasteiger partial charge on any atom is 0.262 e. The maximum atomic E-state index is 6.26. The molecule has 0 bridgehead atoms. The van der Waals surface area contributed by atoms with Crippen LogP contribution >= 0.6 is 0 Å². The third kappa shape index (κ3) is 4.21. The molecule has 2 aliphatic rings. The molecule has 0 N–H and O–H groups in total. The van der Waals surface area contributed by atoms with E-state index in [0.29, 0.717) is 6.10 Å². The summed E-state index contributed by atoms with van der Waals surface area (Å²) in [4.78, 5) is 0. The number of ether oxygens (including phenoxy) is 2. The molecule has 162 valence electrons. The van der Waals surface area contributed by atoms with Gasteiger partial charge < -0.3 is 9.47 Å². The Morgan fingerprint density at radius 1 is 0.871 bits per heavy atom. The Morgan fingerprint density at radius 2 is 1.65 bits per heavy atom. The molecular weight excluding hydrogens is 384 g/mol. The van der Waals surface area contributed by atoms with Gasteiger partial charge in [0.05, 0.1) is 19.8 Å². The second kappa shape index (κ2) is 9.17. The van der Waals surface area contributed by atoms with Gasteiger partial charge in [0.2, 0.25) is 0 Å². The van der Waals surface area contributed by atoms with Gasteiger partial charge in [0.1, 0.15) is 11.9 Å². The molecule has 3 aromatic rings. The van der Waals surface area contributed by atoms with Crippen LogP contribution in [-0.4, -0.2) is 17.8 Å². The highest BCUT2D eigenvalue weighted by molar-refractivity contribution is 5.60. The Labute approximate surface area is 185 Å². The second-order valence-corrected chi connectivity index (χ2v) is 8.84. The standard InChI is InChI=1S/C27H33N2O2/c1-30-26-13-8-7-12-24(26)29-20-25(28-19-9-3-6-14-27(28)29)21-15-17-23(18-16-21)31-22-10-4-2-5-11-22/h7-8,12-13,15-18,20,22H,2-6,9-11,14,19H2,1H3/q+1. The van der Waals surface area contributed by atoms with Gasteiger partial charge in [0.25, 0.3) is 5.82 Å². The molecule has 1 saturated carbocycles. The largest absolute Gasteiger partial charge is 0.492 e. The molecule has 4 heteroatoms. The fraction of sp³-hybridized carbons (Fsp3) is 0.444. The lowest BCUT2D eigenvalue weighted by atomic mass is 9.98. The van der Waals surface area contributed by atoms with Crippen LogP contribution in [0.1, 0.15) is 57.2 Å². The van der Waals surface area contributed by atoms with Crippen molar-refractivity contribution < 1.29 is 14.0 Å². The molecule has 1 aliphatic heterocycles. The number of hydrogen-bond acceptors (Lipinski definition) is 2. The summed E-state index contributed by atoms with van der Waals surface area (Å²) in [5.74, 6) is 3.27. The Hall–Kier alpha value is -2.75. The lowest BCUT2D eigenvalue weighted by Gasteiger charge is -2.23. The van der Waals surface area contributed by atoms with Crippen LogP contribution in [0.2, 0.25) is 0 Å². The zero-order valence-corrected chi connectivity index (χ0v) is 18.6. The Morgan fingerprint density at radius 3 is 2.45 bits per heavy atom. The monoisotopic (exact) mass is 417 g/mol. The molecule has 5 rings (SSSR count). The first-order chi connectivity index (χ1) is 15.3. The molecule has 0 saturated heterocycles. The lowest BCUT2D eigenvalue weighted by Crippen LogP contribution is -2.34. The van der Waals surface area contributed by atoms with Crippen molar-refractivity contribution in [3.63, 3.8) is 0 Å². The fourth-order valence-corrected chi connectivity index (χ4v) is 5.12. The summed E-state index contributed by atoms with van der Waals surface area (Å²) in [7, 11) is 1.75. The molecule has 0 atom stereocenters. The van der Waals surface area contributed by atoms with E-state index < -0.39 is 0 Å². The van der Waals surface area contributed by atoms with Gasteiger partial charge in [-0.2, -0.15) is 4.57 Å². The van der Waals surface area contributed by atoms with E-state index in [-0.39, 0.29) is 0 Å². The minimum atomic E-state index is 0.386. The number of methoxy groups -OCH3 is 1. The van der Waals surface area contributed by atoms with Crippen molar-refractivity contribution in [1.29, 1.82) is 0 Å². The number of rotatable bonds is 5. The number of hydrogen-bond donors (Lipinski definition) is 0. The highest BCUT2D eigenvalue weighted by Gasteiger charge is 2.28. The molecule has 1 fully saturated rings. The van der Waals surface area contributed by atoms with Crippen molar-refractivity contribution in [2.45, 2.75) is 70.4 Å². The molecule has 1 aromatic heterocycles. The minimum absolute atomic E-state index is 0.386. The van der Waals surface area contributed by atoms with Gasteiger partial charge in [-0.15, -0.1) is 0 Å². The topological polar surface area (TPSA) is 27.3 Å². The normalized spacial score (nSPS) is 17.1. The number of imidazole rings is 1. The predicted molar refractivity (Wildman–Crippen MR) is 123 cm³/mol. The van der Waals surface area contributed by atoms with Gasteiger partial charge in [-0.3, -0.25) is 0 Å². The molecule has 2 heterocycles. The summed E-state index contributed by atoms with van der Waals surface area (Å²) in [6, 6.07) is 17.0. The van der Waals surface area contributed by atoms with Crippen molar-refractivity contribution in [1.82, 2.24) is 4.57 Å². The van der Waals surface area contributed by atoms with Gasteiger partial charge in [0, 0.05) is 12.0 Å². The molecule has 1 aliphatic carbocycles. The zero-order valence-electron chi connectivity index (χ0n) is 18.6. The van der Waals surface area contributed by atoms with E-state index >= 15 is 0 Å². The lowest BCUT2D eigenvalue weighted by molar-refractivity contribution is -0.604. The van der Waals surface area contributed by atoms with E-state index in [1.165, 1.54) is 68.4 Å². The van der Waals surface area contributed by atoms with Crippen LogP contribution in [-0.2, 0) is 13.0 Å². The van der Waals surface area contributed by atoms with E-state index in [1.54, 1.807) is 7.11 Å². The molecule has 0 unspecified atom stereocenters. The third-order valence-corrected chi connectivity index (χ3v) is 6.76. The molecule has 0 radical (unpaired) electrons. The number of nitrogens with zero attached hydrogens (tertiary/aromatic N) is 2. The van der Waals surface area contributed by atoms with Crippen LogP contribution < -0.4 is 14.0 Å². The maximum absolute atomic E-state index is 6.26. The zero-order chi connectivity index (χ0) is 21.0. The summed E-state index contributed by atoms with van der Waals surface area (Å²) in [6.45, 7) is 1.06. The van der Waals surface area contributed by atoms with Crippen LogP contribution in [0.25, 0.3) is 16.9 Å². The van der Waals surface area contributed by atoms with Crippen molar-refractivity contribution in [2.75, 3.05) is 7.11 Å². The van der Waals surface area contributed by atoms with Crippen molar-refractivity contribution >= 4 is 0 Å². The average molecular weight is 418 g/mol. The molecule has 0 spiro atoms. The Kier molecular flexibility index (Phi) is 5.97. The Balaban J connectivity index is 1.49. The van der Waals surface area contributed by atoms with Crippen LogP contribution in [0.15, 0.2) is 54.7 Å². The summed E-state index contributed by atoms with van der Waals surface area (Å²) >= 11 is 0. The molecule has 0 amide bonds. The summed E-state index contributed by atoms with van der Waals surface area (Å²) in [5.41, 5.74) is 3.62. The summed E-state index contributed by atoms with van der Waals surface area (Å²) in [6.07, 6.45) is 13.8. The quantitative estimate of drug-likeness (QED) is 0.485. The van der Waals surface area contributed by atoms with Crippen LogP contribution in [0.4, 0.5) is 0 Å². The van der Waals surface area contributed by atoms with E-state index in [9.17, 15) is 0 Å². The van der Waals surface area contributed by atoms with E-state index in [4.69, 9.17) is 9.47 Å². The number of benzene rings is 2. The molecule has 2 aromatic carbocycles. The van der Waals surface area contributed by atoms with E-state index in [1.807, 2.05) is 12.1 Å². The Bertz CT molecular complexity index is 1020. The highest BCUT2D eigenvalue weighted by atomic mass is 16.5.